The highest BCUT2D eigenvalue weighted by molar-refractivity contribution is 5.72. The van der Waals surface area contributed by atoms with Gasteiger partial charge in [-0.05, 0) is 61.8 Å². The molecule has 0 heterocycles. The maximum Gasteiger partial charge on any atom is 0.308 e. The number of methoxy groups -OCH3 is 1. The Bertz CT molecular complexity index is 901. The lowest BCUT2D eigenvalue weighted by atomic mass is 9.81. The zero-order valence-corrected chi connectivity index (χ0v) is 21.0. The average Bonchev–Trinajstić information content (AvgIpc) is 2.78. The van der Waals surface area contributed by atoms with E-state index in [1.807, 2.05) is 55.5 Å². The minimum absolute atomic E-state index is 0.192. The van der Waals surface area contributed by atoms with Gasteiger partial charge in [-0.1, -0.05) is 75.7 Å². The van der Waals surface area contributed by atoms with Crippen LogP contribution in [0.15, 0.2) is 60.7 Å². The molecule has 0 saturated carbocycles. The lowest BCUT2D eigenvalue weighted by molar-refractivity contribution is -0.144. The predicted molar refractivity (Wildman–Crippen MR) is 135 cm³/mol. The van der Waals surface area contributed by atoms with Gasteiger partial charge >= 0.3 is 5.97 Å². The Morgan fingerprint density at radius 3 is 2.42 bits per heavy atom. The molecule has 0 fully saturated rings. The van der Waals surface area contributed by atoms with Gasteiger partial charge in [0.05, 0.1) is 13.0 Å². The summed E-state index contributed by atoms with van der Waals surface area (Å²) < 4.78 is 11.0. The second-order valence-electron chi connectivity index (χ2n) is 9.54. The van der Waals surface area contributed by atoms with E-state index in [-0.39, 0.29) is 29.3 Å². The molecule has 4 nitrogen and oxygen atoms in total. The number of carbonyl (C=O) groups is 1. The molecule has 1 N–H and O–H groups in total. The fraction of sp³-hybridized carbons (Fsp3) is 0.483. The first-order chi connectivity index (χ1) is 15.7. The number of allylic oxidation sites excluding steroid dienone is 1. The average molecular weight is 453 g/mol. The minimum atomic E-state index is -0.316. The summed E-state index contributed by atoms with van der Waals surface area (Å²) in [5, 5.41) is 11.1. The first-order valence-electron chi connectivity index (χ1n) is 12.0. The summed E-state index contributed by atoms with van der Waals surface area (Å²) >= 11 is 0. The van der Waals surface area contributed by atoms with Crippen LogP contribution in [0.5, 0.6) is 11.5 Å². The Balaban J connectivity index is 2.13. The van der Waals surface area contributed by atoms with E-state index in [0.717, 1.165) is 36.1 Å². The molecule has 180 valence electrons. The summed E-state index contributed by atoms with van der Waals surface area (Å²) in [5.41, 5.74) is 1.42. The molecule has 0 radical (unpaired) electrons. The van der Waals surface area contributed by atoms with Crippen LogP contribution in [0.2, 0.25) is 0 Å². The molecule has 0 amide bonds. The minimum Gasteiger partial charge on any atom is -0.507 e. The van der Waals surface area contributed by atoms with E-state index in [1.54, 1.807) is 0 Å². The second-order valence-corrected chi connectivity index (χ2v) is 9.54. The van der Waals surface area contributed by atoms with E-state index in [9.17, 15) is 9.90 Å². The highest BCUT2D eigenvalue weighted by Crippen LogP contribution is 2.38. The van der Waals surface area contributed by atoms with Crippen LogP contribution in [0.3, 0.4) is 0 Å². The Hall–Kier alpha value is -2.75. The summed E-state index contributed by atoms with van der Waals surface area (Å²) in [7, 11) is 1.40. The summed E-state index contributed by atoms with van der Waals surface area (Å²) in [6.45, 7) is 10.4. The third-order valence-electron chi connectivity index (χ3n) is 6.10. The van der Waals surface area contributed by atoms with Gasteiger partial charge in [0.2, 0.25) is 0 Å². The topological polar surface area (TPSA) is 55.8 Å². The molecule has 3 atom stereocenters. The number of phenolic OH excluding ortho intramolecular Hbond substituents is 1. The molecule has 0 saturated heterocycles. The maximum atomic E-state index is 11.8. The molecule has 4 heteroatoms. The number of benzene rings is 2. The largest absolute Gasteiger partial charge is 0.507 e. The number of phenols is 1. The van der Waals surface area contributed by atoms with Crippen LogP contribution in [0.25, 0.3) is 0 Å². The van der Waals surface area contributed by atoms with Crippen molar-refractivity contribution in [3.63, 3.8) is 0 Å². The SMILES string of the molecule is CCC[C@H](c1cccc(CC(C)C(=O)OC)c1O)C(C)/C=C/CC(C)(C)Oc1ccccc1. The quantitative estimate of drug-likeness (QED) is 0.276. The van der Waals surface area contributed by atoms with Crippen LogP contribution < -0.4 is 4.74 Å². The number of ether oxygens (including phenoxy) is 2. The van der Waals surface area contributed by atoms with Crippen molar-refractivity contribution in [3.8, 4) is 11.5 Å². The van der Waals surface area contributed by atoms with Gasteiger partial charge in [0.15, 0.2) is 0 Å². The van der Waals surface area contributed by atoms with Crippen molar-refractivity contribution in [1.82, 2.24) is 0 Å². The second kappa shape index (κ2) is 12.5. The van der Waals surface area contributed by atoms with Crippen molar-refractivity contribution in [3.05, 3.63) is 71.8 Å². The fourth-order valence-electron chi connectivity index (χ4n) is 4.25. The Morgan fingerprint density at radius 1 is 1.09 bits per heavy atom. The summed E-state index contributed by atoms with van der Waals surface area (Å²) in [5.74, 6) is 1.05. The smallest absolute Gasteiger partial charge is 0.308 e. The van der Waals surface area contributed by atoms with Gasteiger partial charge in [0.1, 0.15) is 17.1 Å². The molecule has 0 aliphatic rings. The van der Waals surface area contributed by atoms with Crippen molar-refractivity contribution in [2.75, 3.05) is 7.11 Å². The molecule has 2 rings (SSSR count). The van der Waals surface area contributed by atoms with Crippen LogP contribution in [0.1, 0.15) is 70.9 Å². The molecule has 0 aliphatic heterocycles. The Kier molecular flexibility index (Phi) is 10.0. The maximum absolute atomic E-state index is 11.8. The molecule has 2 aromatic carbocycles. The third-order valence-corrected chi connectivity index (χ3v) is 6.10. The summed E-state index contributed by atoms with van der Waals surface area (Å²) in [6, 6.07) is 15.8. The van der Waals surface area contributed by atoms with Crippen molar-refractivity contribution in [2.24, 2.45) is 11.8 Å². The van der Waals surface area contributed by atoms with E-state index in [2.05, 4.69) is 39.8 Å². The monoisotopic (exact) mass is 452 g/mol. The number of carbonyl (C=O) groups excluding carboxylic acids is 1. The number of aromatic hydroxyl groups is 1. The van der Waals surface area contributed by atoms with E-state index in [0.29, 0.717) is 12.2 Å². The van der Waals surface area contributed by atoms with E-state index in [4.69, 9.17) is 9.47 Å². The molecular weight excluding hydrogens is 412 g/mol. The van der Waals surface area contributed by atoms with Crippen molar-refractivity contribution >= 4 is 5.97 Å². The molecule has 33 heavy (non-hydrogen) atoms. The normalized spacial score (nSPS) is 14.6. The number of esters is 1. The molecule has 0 bridgehead atoms. The Morgan fingerprint density at radius 2 is 1.79 bits per heavy atom. The highest BCUT2D eigenvalue weighted by atomic mass is 16.5. The van der Waals surface area contributed by atoms with Crippen molar-refractivity contribution < 1.29 is 19.4 Å². The molecule has 0 aromatic heterocycles. The first kappa shape index (κ1) is 26.5. The lowest BCUT2D eigenvalue weighted by Gasteiger charge is -2.26. The number of hydrogen-bond donors (Lipinski definition) is 1. The number of hydrogen-bond acceptors (Lipinski definition) is 4. The molecular formula is C29H40O4. The predicted octanol–water partition coefficient (Wildman–Crippen LogP) is 7.07. The van der Waals surface area contributed by atoms with Gasteiger partial charge in [-0.3, -0.25) is 4.79 Å². The van der Waals surface area contributed by atoms with E-state index in [1.165, 1.54) is 7.11 Å². The summed E-state index contributed by atoms with van der Waals surface area (Å²) in [6.07, 6.45) is 7.66. The van der Waals surface area contributed by atoms with Gasteiger partial charge in [0, 0.05) is 6.42 Å². The highest BCUT2D eigenvalue weighted by Gasteiger charge is 2.24. The van der Waals surface area contributed by atoms with Crippen LogP contribution in [0, 0.1) is 11.8 Å². The number of para-hydroxylation sites is 2. The van der Waals surface area contributed by atoms with Crippen LogP contribution >= 0.6 is 0 Å². The van der Waals surface area contributed by atoms with Gasteiger partial charge in [-0.2, -0.15) is 0 Å². The Labute approximate surface area is 199 Å². The first-order valence-corrected chi connectivity index (χ1v) is 12.0. The van der Waals surface area contributed by atoms with Crippen LogP contribution in [-0.4, -0.2) is 23.8 Å². The zero-order chi connectivity index (χ0) is 24.4. The van der Waals surface area contributed by atoms with Crippen LogP contribution in [-0.2, 0) is 16.0 Å². The van der Waals surface area contributed by atoms with Crippen molar-refractivity contribution in [1.29, 1.82) is 0 Å². The van der Waals surface area contributed by atoms with Gasteiger partial charge < -0.3 is 14.6 Å². The van der Waals surface area contributed by atoms with E-state index < -0.39 is 0 Å². The fourth-order valence-corrected chi connectivity index (χ4v) is 4.25. The van der Waals surface area contributed by atoms with Crippen molar-refractivity contribution in [2.45, 2.75) is 71.8 Å². The van der Waals surface area contributed by atoms with Gasteiger partial charge in [-0.25, -0.2) is 0 Å². The number of rotatable bonds is 12. The molecule has 2 unspecified atom stereocenters. The standard InChI is InChI=1S/C29H40O4/c1-7-13-25(26-18-11-15-23(27(26)30)20-22(3)28(31)32-6)21(2)14-12-19-29(4,5)33-24-16-9-8-10-17-24/h8-12,14-18,21-22,25,30H,7,13,19-20H2,1-6H3/b14-12+/t21?,22?,25-/m0/s1. The van der Waals surface area contributed by atoms with E-state index >= 15 is 0 Å². The van der Waals surface area contributed by atoms with Gasteiger partial charge in [0.25, 0.3) is 0 Å². The van der Waals surface area contributed by atoms with Gasteiger partial charge in [-0.15, -0.1) is 0 Å². The zero-order valence-electron chi connectivity index (χ0n) is 21.0. The molecule has 0 aliphatic carbocycles. The third kappa shape index (κ3) is 7.96. The van der Waals surface area contributed by atoms with Crippen LogP contribution in [0.4, 0.5) is 0 Å². The summed E-state index contributed by atoms with van der Waals surface area (Å²) in [4.78, 5) is 11.8. The lowest BCUT2D eigenvalue weighted by Crippen LogP contribution is -2.27. The molecule has 2 aromatic rings. The molecule has 0 spiro atoms.